The van der Waals surface area contributed by atoms with Crippen molar-refractivity contribution in [2.45, 2.75) is 13.3 Å². The van der Waals surface area contributed by atoms with Gasteiger partial charge in [0.15, 0.2) is 0 Å². The van der Waals surface area contributed by atoms with E-state index in [4.69, 9.17) is 5.11 Å². The van der Waals surface area contributed by atoms with Gasteiger partial charge in [0.1, 0.15) is 0 Å². The minimum Gasteiger partial charge on any atom is -0.481 e. The SMILES string of the molecule is CCC(=O)O.Cl.O. The van der Waals surface area contributed by atoms with Crippen molar-refractivity contribution in [1.29, 1.82) is 0 Å². The van der Waals surface area contributed by atoms with Crippen LogP contribution in [0.15, 0.2) is 0 Å². The van der Waals surface area contributed by atoms with Gasteiger partial charge in [0.25, 0.3) is 0 Å². The fraction of sp³-hybridized carbons (Fsp3) is 0.667. The van der Waals surface area contributed by atoms with Gasteiger partial charge in [0, 0.05) is 6.42 Å². The molecule has 3 N–H and O–H groups in total. The number of carbonyl (C=O) groups is 1. The van der Waals surface area contributed by atoms with Gasteiger partial charge in [-0.15, -0.1) is 12.4 Å². The van der Waals surface area contributed by atoms with Crippen molar-refractivity contribution >= 4 is 18.4 Å². The zero-order valence-electron chi connectivity index (χ0n) is 3.97. The molecule has 0 unspecified atom stereocenters. The Balaban J connectivity index is -0.0000000800. The standard InChI is InChI=1S/C3H6O2.ClH.H2O/c1-2-3(4)5;;/h2H2,1H3,(H,4,5);1H;1H2. The van der Waals surface area contributed by atoms with Crippen LogP contribution in [0.3, 0.4) is 0 Å². The average molecular weight is 129 g/mol. The van der Waals surface area contributed by atoms with Crippen molar-refractivity contribution in [3.05, 3.63) is 0 Å². The highest BCUT2D eigenvalue weighted by atomic mass is 35.5. The minimum absolute atomic E-state index is 0. The molecular weight excluding hydrogens is 119 g/mol. The molecule has 0 saturated heterocycles. The first-order valence-corrected chi connectivity index (χ1v) is 1.49. The van der Waals surface area contributed by atoms with E-state index >= 15 is 0 Å². The fourth-order valence-corrected chi connectivity index (χ4v) is 0. The Kier molecular flexibility index (Phi) is 20.9. The van der Waals surface area contributed by atoms with Gasteiger partial charge < -0.3 is 10.6 Å². The third-order valence-electron chi connectivity index (χ3n) is 0.302. The van der Waals surface area contributed by atoms with Crippen LogP contribution in [0.1, 0.15) is 13.3 Å². The maximum absolute atomic E-state index is 9.37. The van der Waals surface area contributed by atoms with Gasteiger partial charge in [-0.25, -0.2) is 0 Å². The van der Waals surface area contributed by atoms with Crippen LogP contribution in [0.25, 0.3) is 0 Å². The molecule has 0 aromatic rings. The highest BCUT2D eigenvalue weighted by molar-refractivity contribution is 5.85. The molecule has 0 aliphatic rings. The molecule has 4 heteroatoms. The smallest absolute Gasteiger partial charge is 0.303 e. The van der Waals surface area contributed by atoms with Crippen LogP contribution < -0.4 is 0 Å². The highest BCUT2D eigenvalue weighted by Crippen LogP contribution is 1.67. The number of aliphatic carboxylic acids is 1. The van der Waals surface area contributed by atoms with E-state index in [0.717, 1.165) is 0 Å². The summed E-state index contributed by atoms with van der Waals surface area (Å²) >= 11 is 0. The largest absolute Gasteiger partial charge is 0.481 e. The van der Waals surface area contributed by atoms with Gasteiger partial charge in [0.05, 0.1) is 0 Å². The molecule has 46 valence electrons. The third kappa shape index (κ3) is 26.8. The lowest BCUT2D eigenvalue weighted by Crippen LogP contribution is -1.86. The van der Waals surface area contributed by atoms with Gasteiger partial charge >= 0.3 is 5.97 Å². The summed E-state index contributed by atoms with van der Waals surface area (Å²) in [5, 5.41) is 7.72. The molecule has 0 aliphatic heterocycles. The number of hydrogen-bond donors (Lipinski definition) is 1. The van der Waals surface area contributed by atoms with E-state index in [1.165, 1.54) is 0 Å². The monoisotopic (exact) mass is 128 g/mol. The molecule has 0 heterocycles. The average Bonchev–Trinajstić information content (AvgIpc) is 1.38. The summed E-state index contributed by atoms with van der Waals surface area (Å²) in [5.74, 6) is -0.745. The Morgan fingerprint density at radius 1 is 1.71 bits per heavy atom. The van der Waals surface area contributed by atoms with Crippen LogP contribution in [-0.2, 0) is 4.79 Å². The lowest BCUT2D eigenvalue weighted by Gasteiger charge is -1.71. The molecule has 0 aliphatic carbocycles. The molecule has 0 spiro atoms. The highest BCUT2D eigenvalue weighted by Gasteiger charge is 1.80. The van der Waals surface area contributed by atoms with E-state index in [1.807, 2.05) is 0 Å². The predicted octanol–water partition coefficient (Wildman–Crippen LogP) is 0.0781. The van der Waals surface area contributed by atoms with E-state index in [1.54, 1.807) is 6.92 Å². The number of halogens is 1. The molecule has 0 bridgehead atoms. The van der Waals surface area contributed by atoms with E-state index in [9.17, 15) is 4.79 Å². The zero-order chi connectivity index (χ0) is 4.28. The predicted molar refractivity (Wildman–Crippen MR) is 28.8 cm³/mol. The van der Waals surface area contributed by atoms with Gasteiger partial charge in [-0.2, -0.15) is 0 Å². The topological polar surface area (TPSA) is 68.8 Å². The maximum atomic E-state index is 9.37. The normalized spacial score (nSPS) is 5.29. The van der Waals surface area contributed by atoms with E-state index < -0.39 is 5.97 Å². The van der Waals surface area contributed by atoms with Gasteiger partial charge in [-0.3, -0.25) is 4.79 Å². The summed E-state index contributed by atoms with van der Waals surface area (Å²) in [5.41, 5.74) is 0. The minimum atomic E-state index is -0.745. The Morgan fingerprint density at radius 3 is 1.86 bits per heavy atom. The fourth-order valence-electron chi connectivity index (χ4n) is 0. The Hall–Kier alpha value is -0.280. The molecule has 3 nitrogen and oxygen atoms in total. The molecule has 0 atom stereocenters. The zero-order valence-corrected chi connectivity index (χ0v) is 4.79. The van der Waals surface area contributed by atoms with Crippen LogP contribution in [0.2, 0.25) is 0 Å². The Morgan fingerprint density at radius 2 is 1.86 bits per heavy atom. The number of hydrogen-bond acceptors (Lipinski definition) is 1. The second-order valence-corrected chi connectivity index (χ2v) is 0.747. The lowest BCUT2D eigenvalue weighted by atomic mass is 10.5. The van der Waals surface area contributed by atoms with E-state index in [2.05, 4.69) is 0 Å². The van der Waals surface area contributed by atoms with Crippen molar-refractivity contribution < 1.29 is 15.4 Å². The summed E-state index contributed by atoms with van der Waals surface area (Å²) in [4.78, 5) is 9.37. The maximum Gasteiger partial charge on any atom is 0.303 e. The van der Waals surface area contributed by atoms with Crippen molar-refractivity contribution in [1.82, 2.24) is 0 Å². The quantitative estimate of drug-likeness (QED) is 0.543. The number of rotatable bonds is 1. The molecule has 0 aromatic carbocycles. The summed E-state index contributed by atoms with van der Waals surface area (Å²) < 4.78 is 0. The van der Waals surface area contributed by atoms with E-state index in [0.29, 0.717) is 0 Å². The molecule has 0 fully saturated rings. The molecule has 0 aromatic heterocycles. The third-order valence-corrected chi connectivity index (χ3v) is 0.302. The van der Waals surface area contributed by atoms with Crippen LogP contribution in [0.5, 0.6) is 0 Å². The second-order valence-electron chi connectivity index (χ2n) is 0.747. The summed E-state index contributed by atoms with van der Waals surface area (Å²) in [6.45, 7) is 1.60. The summed E-state index contributed by atoms with van der Waals surface area (Å²) in [7, 11) is 0. The summed E-state index contributed by atoms with van der Waals surface area (Å²) in [6, 6.07) is 0. The molecule has 0 saturated carbocycles. The first-order valence-electron chi connectivity index (χ1n) is 1.49. The van der Waals surface area contributed by atoms with Crippen LogP contribution in [-0.4, -0.2) is 16.6 Å². The first-order chi connectivity index (χ1) is 2.27. The van der Waals surface area contributed by atoms with Crippen molar-refractivity contribution in [3.8, 4) is 0 Å². The van der Waals surface area contributed by atoms with Crippen LogP contribution >= 0.6 is 12.4 Å². The van der Waals surface area contributed by atoms with Crippen molar-refractivity contribution in [2.75, 3.05) is 0 Å². The summed E-state index contributed by atoms with van der Waals surface area (Å²) in [6.07, 6.45) is 0.222. The van der Waals surface area contributed by atoms with Gasteiger partial charge in [-0.1, -0.05) is 6.92 Å². The molecule has 7 heavy (non-hydrogen) atoms. The van der Waals surface area contributed by atoms with Gasteiger partial charge in [0.2, 0.25) is 0 Å². The van der Waals surface area contributed by atoms with Crippen LogP contribution in [0.4, 0.5) is 0 Å². The molecule has 0 rings (SSSR count). The van der Waals surface area contributed by atoms with Gasteiger partial charge in [-0.05, 0) is 0 Å². The van der Waals surface area contributed by atoms with Crippen molar-refractivity contribution in [3.63, 3.8) is 0 Å². The van der Waals surface area contributed by atoms with Crippen LogP contribution in [0, 0.1) is 0 Å². The molecule has 0 radical (unpaired) electrons. The Bertz CT molecular complexity index is 45.4. The molecule has 0 amide bonds. The number of carboxylic acid groups (broad SMARTS) is 1. The van der Waals surface area contributed by atoms with E-state index in [-0.39, 0.29) is 24.3 Å². The number of carboxylic acids is 1. The molecular formula is C3H9ClO3. The van der Waals surface area contributed by atoms with Crippen molar-refractivity contribution in [2.24, 2.45) is 0 Å². The lowest BCUT2D eigenvalue weighted by molar-refractivity contribution is -0.136. The first kappa shape index (κ1) is 15.9. The Labute approximate surface area is 48.1 Å². The second kappa shape index (κ2) is 9.21.